The number of benzene rings is 1. The molecule has 1 heterocycles. The summed E-state index contributed by atoms with van der Waals surface area (Å²) < 4.78 is 6.06. The van der Waals surface area contributed by atoms with E-state index < -0.39 is 0 Å². The largest absolute Gasteiger partial charge is 0.488 e. The Hall–Kier alpha value is -1.55. The average molecular weight is 302 g/mol. The Morgan fingerprint density at radius 3 is 2.82 bits per heavy atom. The van der Waals surface area contributed by atoms with Gasteiger partial charge < -0.3 is 15.4 Å². The van der Waals surface area contributed by atoms with Crippen molar-refractivity contribution in [2.24, 2.45) is 5.92 Å². The molecule has 2 fully saturated rings. The van der Waals surface area contributed by atoms with Crippen LogP contribution >= 0.6 is 0 Å². The van der Waals surface area contributed by atoms with E-state index in [1.807, 2.05) is 24.3 Å². The number of carbonyl (C=O) groups excluding carboxylic acids is 1. The number of rotatable bonds is 6. The molecule has 0 radical (unpaired) electrons. The van der Waals surface area contributed by atoms with Crippen molar-refractivity contribution >= 4 is 11.6 Å². The van der Waals surface area contributed by atoms with Crippen LogP contribution in [0.3, 0.4) is 0 Å². The summed E-state index contributed by atoms with van der Waals surface area (Å²) >= 11 is 0. The van der Waals surface area contributed by atoms with Crippen molar-refractivity contribution in [1.82, 2.24) is 5.32 Å². The fourth-order valence-corrected chi connectivity index (χ4v) is 3.37. The van der Waals surface area contributed by atoms with Crippen molar-refractivity contribution in [3.63, 3.8) is 0 Å². The van der Waals surface area contributed by atoms with Gasteiger partial charge in [-0.15, -0.1) is 0 Å². The minimum atomic E-state index is 0.0920. The van der Waals surface area contributed by atoms with E-state index in [9.17, 15) is 4.79 Å². The molecule has 2 aliphatic rings. The predicted molar refractivity (Wildman–Crippen MR) is 88.2 cm³/mol. The number of para-hydroxylation sites is 2. The maximum absolute atomic E-state index is 12.2. The quantitative estimate of drug-likeness (QED) is 0.847. The summed E-state index contributed by atoms with van der Waals surface area (Å²) in [5, 5.41) is 6.37. The number of carbonyl (C=O) groups is 1. The van der Waals surface area contributed by atoms with Crippen LogP contribution in [0, 0.1) is 5.92 Å². The van der Waals surface area contributed by atoms with Crippen LogP contribution in [0.15, 0.2) is 24.3 Å². The first kappa shape index (κ1) is 15.3. The Bertz CT molecular complexity index is 492. The summed E-state index contributed by atoms with van der Waals surface area (Å²) in [7, 11) is 0. The highest BCUT2D eigenvalue weighted by atomic mass is 16.5. The van der Waals surface area contributed by atoms with Crippen molar-refractivity contribution in [2.75, 3.05) is 18.4 Å². The first-order valence-electron chi connectivity index (χ1n) is 8.57. The van der Waals surface area contributed by atoms with Crippen LogP contribution in [0.5, 0.6) is 5.75 Å². The summed E-state index contributed by atoms with van der Waals surface area (Å²) in [6.07, 6.45) is 7.78. The first-order chi connectivity index (χ1) is 10.8. The van der Waals surface area contributed by atoms with Crippen molar-refractivity contribution in [3.8, 4) is 5.75 Å². The fraction of sp³-hybridized carbons (Fsp3) is 0.611. The highest BCUT2D eigenvalue weighted by Gasteiger charge is 2.19. The number of nitrogens with one attached hydrogen (secondary N) is 2. The van der Waals surface area contributed by atoms with Crippen molar-refractivity contribution in [1.29, 1.82) is 0 Å². The van der Waals surface area contributed by atoms with Gasteiger partial charge >= 0.3 is 0 Å². The summed E-state index contributed by atoms with van der Waals surface area (Å²) in [4.78, 5) is 12.2. The van der Waals surface area contributed by atoms with E-state index in [4.69, 9.17) is 4.74 Å². The molecule has 0 bridgehead atoms. The fourth-order valence-electron chi connectivity index (χ4n) is 3.37. The molecular formula is C18H26N2O2. The van der Waals surface area contributed by atoms with Crippen molar-refractivity contribution in [2.45, 2.75) is 51.0 Å². The number of ether oxygens (including phenoxy) is 1. The third kappa shape index (κ3) is 4.23. The van der Waals surface area contributed by atoms with Crippen LogP contribution in [0.1, 0.15) is 44.9 Å². The van der Waals surface area contributed by atoms with Gasteiger partial charge in [-0.2, -0.15) is 0 Å². The normalized spacial score (nSPS) is 21.9. The van der Waals surface area contributed by atoms with E-state index in [1.54, 1.807) is 0 Å². The molecule has 0 spiro atoms. The van der Waals surface area contributed by atoms with Gasteiger partial charge in [0.25, 0.3) is 0 Å². The molecule has 0 aromatic heterocycles. The van der Waals surface area contributed by atoms with Gasteiger partial charge in [-0.1, -0.05) is 12.1 Å². The van der Waals surface area contributed by atoms with Crippen LogP contribution in [0.2, 0.25) is 0 Å². The Morgan fingerprint density at radius 2 is 2.05 bits per heavy atom. The predicted octanol–water partition coefficient (Wildman–Crippen LogP) is 3.34. The third-order valence-electron chi connectivity index (χ3n) is 4.70. The van der Waals surface area contributed by atoms with Gasteiger partial charge in [0.05, 0.1) is 11.8 Å². The molecule has 22 heavy (non-hydrogen) atoms. The maximum atomic E-state index is 12.2. The molecule has 1 aliphatic heterocycles. The Balaban J connectivity index is 1.53. The maximum Gasteiger partial charge on any atom is 0.224 e. The Kier molecular flexibility index (Phi) is 5.33. The molecule has 3 rings (SSSR count). The summed E-state index contributed by atoms with van der Waals surface area (Å²) in [6, 6.07) is 7.79. The van der Waals surface area contributed by atoms with Gasteiger partial charge in [0.15, 0.2) is 0 Å². The highest BCUT2D eigenvalue weighted by molar-refractivity contribution is 5.92. The van der Waals surface area contributed by atoms with Crippen LogP contribution in [-0.4, -0.2) is 25.1 Å². The molecular weight excluding hydrogens is 276 g/mol. The monoisotopic (exact) mass is 302 g/mol. The number of amides is 1. The highest BCUT2D eigenvalue weighted by Crippen LogP contribution is 2.30. The van der Waals surface area contributed by atoms with Gasteiger partial charge in [-0.3, -0.25) is 4.79 Å². The van der Waals surface area contributed by atoms with Crippen LogP contribution in [-0.2, 0) is 4.79 Å². The molecule has 1 aliphatic carbocycles. The molecule has 1 atom stereocenters. The molecule has 1 aromatic carbocycles. The van der Waals surface area contributed by atoms with E-state index in [2.05, 4.69) is 10.6 Å². The van der Waals surface area contributed by atoms with E-state index in [-0.39, 0.29) is 5.91 Å². The number of hydrogen-bond donors (Lipinski definition) is 2. The minimum Gasteiger partial charge on any atom is -0.488 e. The van der Waals surface area contributed by atoms with Gasteiger partial charge in [0, 0.05) is 6.42 Å². The Morgan fingerprint density at radius 1 is 1.23 bits per heavy atom. The first-order valence-corrected chi connectivity index (χ1v) is 8.57. The summed E-state index contributed by atoms with van der Waals surface area (Å²) in [5.41, 5.74) is 0.809. The van der Waals surface area contributed by atoms with E-state index in [0.29, 0.717) is 18.4 Å². The van der Waals surface area contributed by atoms with E-state index in [1.165, 1.54) is 19.3 Å². The summed E-state index contributed by atoms with van der Waals surface area (Å²) in [5.74, 6) is 1.55. The average Bonchev–Trinajstić information content (AvgIpc) is 3.20. The molecule has 1 saturated heterocycles. The third-order valence-corrected chi connectivity index (χ3v) is 4.70. The van der Waals surface area contributed by atoms with Crippen LogP contribution in [0.4, 0.5) is 5.69 Å². The second-order valence-corrected chi connectivity index (χ2v) is 6.47. The molecule has 4 heteroatoms. The van der Waals surface area contributed by atoms with Gasteiger partial charge in [0.2, 0.25) is 5.91 Å². The topological polar surface area (TPSA) is 50.4 Å². The molecule has 1 saturated carbocycles. The van der Waals surface area contributed by atoms with Crippen molar-refractivity contribution < 1.29 is 9.53 Å². The zero-order chi connectivity index (χ0) is 15.2. The zero-order valence-corrected chi connectivity index (χ0v) is 13.1. The van der Waals surface area contributed by atoms with Crippen LogP contribution in [0.25, 0.3) is 0 Å². The van der Waals surface area contributed by atoms with Crippen LogP contribution < -0.4 is 15.4 Å². The zero-order valence-electron chi connectivity index (χ0n) is 13.1. The lowest BCUT2D eigenvalue weighted by Crippen LogP contribution is -2.17. The van der Waals surface area contributed by atoms with Gasteiger partial charge in [-0.25, -0.2) is 0 Å². The SMILES string of the molecule is O=C(CCC1CCNC1)Nc1ccccc1OC1CCCC1. The van der Waals surface area contributed by atoms with Gasteiger partial charge in [-0.05, 0) is 69.7 Å². The lowest BCUT2D eigenvalue weighted by atomic mass is 10.0. The smallest absolute Gasteiger partial charge is 0.224 e. The summed E-state index contributed by atoms with van der Waals surface area (Å²) in [6.45, 7) is 2.14. The standard InChI is InChI=1S/C18H26N2O2/c21-18(10-9-14-11-12-19-13-14)20-16-7-3-4-8-17(16)22-15-5-1-2-6-15/h3-4,7-8,14-15,19H,1-2,5-6,9-13H2,(H,20,21). The van der Waals surface area contributed by atoms with E-state index in [0.717, 1.165) is 43.8 Å². The molecule has 1 amide bonds. The van der Waals surface area contributed by atoms with Crippen molar-refractivity contribution in [3.05, 3.63) is 24.3 Å². The molecule has 4 nitrogen and oxygen atoms in total. The molecule has 1 unspecified atom stereocenters. The molecule has 120 valence electrons. The van der Waals surface area contributed by atoms with Gasteiger partial charge in [0.1, 0.15) is 5.75 Å². The number of hydrogen-bond acceptors (Lipinski definition) is 3. The second-order valence-electron chi connectivity index (χ2n) is 6.47. The lowest BCUT2D eigenvalue weighted by Gasteiger charge is -2.17. The second kappa shape index (κ2) is 7.63. The minimum absolute atomic E-state index is 0.0920. The molecule has 1 aromatic rings. The lowest BCUT2D eigenvalue weighted by molar-refractivity contribution is -0.116. The molecule has 2 N–H and O–H groups in total. The van der Waals surface area contributed by atoms with E-state index >= 15 is 0 Å². The number of anilines is 1. The Labute approximate surface area is 132 Å².